The van der Waals surface area contributed by atoms with Gasteiger partial charge in [-0.3, -0.25) is 14.4 Å². The van der Waals surface area contributed by atoms with Crippen LogP contribution >= 0.6 is 11.3 Å². The number of aryl methyl sites for hydroxylation is 3. The Morgan fingerprint density at radius 2 is 1.79 bits per heavy atom. The van der Waals surface area contributed by atoms with Crippen LogP contribution in [0.3, 0.4) is 0 Å². The first-order valence-electron chi connectivity index (χ1n) is 16.7. The van der Waals surface area contributed by atoms with E-state index in [1.54, 1.807) is 29.5 Å². The molecule has 8 nitrogen and oxygen atoms in total. The van der Waals surface area contributed by atoms with Crippen molar-refractivity contribution in [3.63, 3.8) is 0 Å². The number of amides is 2. The maximum Gasteiger partial charge on any atom is 0.293 e. The smallest absolute Gasteiger partial charge is 0.293 e. The Morgan fingerprint density at radius 3 is 2.45 bits per heavy atom. The van der Waals surface area contributed by atoms with E-state index in [0.29, 0.717) is 23.0 Å². The van der Waals surface area contributed by atoms with Crippen LogP contribution in [0, 0.1) is 18.8 Å². The number of benzene rings is 2. The molecule has 4 aromatic rings. The number of aromatic nitrogens is 2. The van der Waals surface area contributed by atoms with E-state index in [9.17, 15) is 14.4 Å². The van der Waals surface area contributed by atoms with Gasteiger partial charge in [0.2, 0.25) is 5.91 Å². The number of rotatable bonds is 11. The van der Waals surface area contributed by atoms with Crippen LogP contribution in [0.15, 0.2) is 59.5 Å². The van der Waals surface area contributed by atoms with Gasteiger partial charge in [0.25, 0.3) is 11.5 Å². The zero-order valence-corrected chi connectivity index (χ0v) is 29.5. The summed E-state index contributed by atoms with van der Waals surface area (Å²) in [5.74, 6) is 0.529. The van der Waals surface area contributed by atoms with E-state index in [-0.39, 0.29) is 35.0 Å². The lowest BCUT2D eigenvalue weighted by Crippen LogP contribution is -2.34. The molecule has 0 saturated heterocycles. The lowest BCUT2D eigenvalue weighted by molar-refractivity contribution is -0.132. The Labute approximate surface area is 282 Å². The summed E-state index contributed by atoms with van der Waals surface area (Å²) in [6.07, 6.45) is 8.15. The quantitative estimate of drug-likeness (QED) is 0.171. The molecule has 248 valence electrons. The lowest BCUT2D eigenvalue weighted by atomic mass is 9.76. The molecule has 2 N–H and O–H groups in total. The van der Waals surface area contributed by atoms with Crippen molar-refractivity contribution in [2.24, 2.45) is 18.9 Å². The Bertz CT molecular complexity index is 1780. The van der Waals surface area contributed by atoms with E-state index in [0.717, 1.165) is 47.3 Å². The number of nitrogens with zero attached hydrogens (tertiary/aromatic N) is 3. The standard InChI is InChI=1S/C38H47N5O3S/c1-8-12-28(23(2)3)34(37(45)42(5)6)25-17-19-27(20-18-25)39-35-38(46)43(7)22-31(40-35)29-14-11-15-30(24(29)4)41-36(44)33-21-26-13-9-10-16-32(26)47-33/h11,14-15,17-23,28,34H,8-10,12-13,16H2,1-7H3,(H,39,40)(H,41,44). The maximum atomic E-state index is 13.4. The van der Waals surface area contributed by atoms with Gasteiger partial charge >= 0.3 is 0 Å². The van der Waals surface area contributed by atoms with Crippen LogP contribution in [0.5, 0.6) is 0 Å². The average molecular weight is 654 g/mol. The number of likely N-dealkylation sites (N-methyl/N-ethyl adjacent to an activating group) is 1. The van der Waals surface area contributed by atoms with Gasteiger partial charge in [-0.15, -0.1) is 11.3 Å². The minimum atomic E-state index is -0.259. The molecule has 1 aliphatic rings. The first-order valence-corrected chi connectivity index (χ1v) is 17.5. The number of anilines is 3. The van der Waals surface area contributed by atoms with Crippen molar-refractivity contribution >= 4 is 40.3 Å². The number of nitrogens with one attached hydrogen (secondary N) is 2. The molecule has 2 heterocycles. The van der Waals surface area contributed by atoms with E-state index in [1.165, 1.54) is 27.8 Å². The van der Waals surface area contributed by atoms with Gasteiger partial charge in [0, 0.05) is 49.2 Å². The summed E-state index contributed by atoms with van der Waals surface area (Å²) < 4.78 is 1.52. The summed E-state index contributed by atoms with van der Waals surface area (Å²) in [6, 6.07) is 15.6. The van der Waals surface area contributed by atoms with Crippen LogP contribution in [0.2, 0.25) is 0 Å². The van der Waals surface area contributed by atoms with Gasteiger partial charge < -0.3 is 20.1 Å². The van der Waals surface area contributed by atoms with Crippen LogP contribution in [0.1, 0.15) is 83.6 Å². The van der Waals surface area contributed by atoms with Crippen molar-refractivity contribution in [3.8, 4) is 11.3 Å². The second-order valence-corrected chi connectivity index (χ2v) is 14.4. The molecule has 2 atom stereocenters. The van der Waals surface area contributed by atoms with Crippen LogP contribution in [0.4, 0.5) is 17.2 Å². The minimum Gasteiger partial charge on any atom is -0.348 e. The Balaban J connectivity index is 1.40. The summed E-state index contributed by atoms with van der Waals surface area (Å²) in [5.41, 5.74) is 5.73. The molecule has 0 aliphatic heterocycles. The fourth-order valence-corrected chi connectivity index (χ4v) is 7.78. The van der Waals surface area contributed by atoms with Crippen molar-refractivity contribution in [2.45, 2.75) is 72.1 Å². The van der Waals surface area contributed by atoms with Crippen molar-refractivity contribution in [3.05, 3.63) is 91.5 Å². The van der Waals surface area contributed by atoms with Gasteiger partial charge in [-0.25, -0.2) is 4.98 Å². The molecule has 0 saturated carbocycles. The van der Waals surface area contributed by atoms with Gasteiger partial charge in [-0.2, -0.15) is 0 Å². The van der Waals surface area contributed by atoms with E-state index >= 15 is 0 Å². The number of thiophene rings is 1. The Morgan fingerprint density at radius 1 is 1.06 bits per heavy atom. The summed E-state index contributed by atoms with van der Waals surface area (Å²) in [4.78, 5) is 48.3. The third-order valence-electron chi connectivity index (χ3n) is 9.30. The van der Waals surface area contributed by atoms with Crippen molar-refractivity contribution in [1.29, 1.82) is 0 Å². The second kappa shape index (κ2) is 14.7. The SMILES string of the molecule is CCCC(C(C)C)C(C(=O)N(C)C)c1ccc(Nc2nc(-c3cccc(NC(=O)c4cc5c(s4)CCCC5)c3C)cn(C)c2=O)cc1. The molecule has 0 bridgehead atoms. The van der Waals surface area contributed by atoms with E-state index in [2.05, 4.69) is 31.4 Å². The van der Waals surface area contributed by atoms with Crippen molar-refractivity contribution in [1.82, 2.24) is 14.5 Å². The van der Waals surface area contributed by atoms with E-state index < -0.39 is 0 Å². The predicted octanol–water partition coefficient (Wildman–Crippen LogP) is 7.94. The third kappa shape index (κ3) is 7.51. The first-order chi connectivity index (χ1) is 22.5. The van der Waals surface area contributed by atoms with Gasteiger partial charge in [-0.05, 0) is 91.8 Å². The van der Waals surface area contributed by atoms with Gasteiger partial charge in [0.05, 0.1) is 16.5 Å². The number of hydrogen-bond donors (Lipinski definition) is 2. The number of hydrogen-bond acceptors (Lipinski definition) is 6. The van der Waals surface area contributed by atoms with Crippen molar-refractivity contribution in [2.75, 3.05) is 24.7 Å². The topological polar surface area (TPSA) is 96.3 Å². The monoisotopic (exact) mass is 653 g/mol. The van der Waals surface area contributed by atoms with Gasteiger partial charge in [0.15, 0.2) is 5.82 Å². The molecular weight excluding hydrogens is 607 g/mol. The number of carbonyl (C=O) groups excluding carboxylic acids is 2. The molecule has 1 aliphatic carbocycles. The minimum absolute atomic E-state index is 0.101. The molecule has 0 radical (unpaired) electrons. The third-order valence-corrected chi connectivity index (χ3v) is 10.5. The maximum absolute atomic E-state index is 13.4. The van der Waals surface area contributed by atoms with Crippen LogP contribution in [0.25, 0.3) is 11.3 Å². The molecule has 5 rings (SSSR count). The molecule has 2 amide bonds. The highest BCUT2D eigenvalue weighted by molar-refractivity contribution is 7.14. The second-order valence-electron chi connectivity index (χ2n) is 13.2. The molecular formula is C38H47N5O3S. The average Bonchev–Trinajstić information content (AvgIpc) is 3.49. The summed E-state index contributed by atoms with van der Waals surface area (Å²) in [6.45, 7) is 8.48. The number of carbonyl (C=O) groups is 2. The van der Waals surface area contributed by atoms with Gasteiger partial charge in [0.1, 0.15) is 0 Å². The predicted molar refractivity (Wildman–Crippen MR) is 193 cm³/mol. The summed E-state index contributed by atoms with van der Waals surface area (Å²) >= 11 is 1.60. The van der Waals surface area contributed by atoms with E-state index in [1.807, 2.05) is 69.6 Å². The highest BCUT2D eigenvalue weighted by Crippen LogP contribution is 2.36. The van der Waals surface area contributed by atoms with Crippen molar-refractivity contribution < 1.29 is 9.59 Å². The summed E-state index contributed by atoms with van der Waals surface area (Å²) in [7, 11) is 5.33. The van der Waals surface area contributed by atoms with Crippen LogP contribution < -0.4 is 16.2 Å². The molecule has 2 unspecified atom stereocenters. The van der Waals surface area contributed by atoms with Gasteiger partial charge in [-0.1, -0.05) is 51.5 Å². The number of fused-ring (bicyclic) bond motifs is 1. The zero-order valence-electron chi connectivity index (χ0n) is 28.6. The molecule has 47 heavy (non-hydrogen) atoms. The highest BCUT2D eigenvalue weighted by Gasteiger charge is 2.32. The fourth-order valence-electron chi connectivity index (χ4n) is 6.63. The zero-order chi connectivity index (χ0) is 33.8. The lowest BCUT2D eigenvalue weighted by Gasteiger charge is -2.31. The fraction of sp³-hybridized carbons (Fsp3) is 0.421. The summed E-state index contributed by atoms with van der Waals surface area (Å²) in [5, 5.41) is 6.33. The normalized spacial score (nSPS) is 14.0. The van der Waals surface area contributed by atoms with Crippen LogP contribution in [-0.4, -0.2) is 40.4 Å². The Kier molecular flexibility index (Phi) is 10.6. The highest BCUT2D eigenvalue weighted by atomic mass is 32.1. The first kappa shape index (κ1) is 34.1. The Hall–Kier alpha value is -4.24. The molecule has 2 aromatic heterocycles. The van der Waals surface area contributed by atoms with Crippen LogP contribution in [-0.2, 0) is 24.7 Å². The molecule has 2 aromatic carbocycles. The largest absolute Gasteiger partial charge is 0.348 e. The molecule has 9 heteroatoms. The molecule has 0 fully saturated rings. The molecule has 0 spiro atoms. The van der Waals surface area contributed by atoms with E-state index in [4.69, 9.17) is 4.98 Å².